The van der Waals surface area contributed by atoms with Gasteiger partial charge in [-0.05, 0) is 111 Å². The Morgan fingerprint density at radius 3 is 2.48 bits per heavy atom. The van der Waals surface area contributed by atoms with E-state index in [4.69, 9.17) is 5.73 Å². The van der Waals surface area contributed by atoms with Crippen molar-refractivity contribution >= 4 is 11.8 Å². The molecule has 1 saturated carbocycles. The first-order valence-electron chi connectivity index (χ1n) is 22.6. The van der Waals surface area contributed by atoms with Crippen LogP contribution in [-0.2, 0) is 17.6 Å². The molecule has 0 unspecified atom stereocenters. The van der Waals surface area contributed by atoms with E-state index in [0.29, 0.717) is 55.1 Å². The summed E-state index contributed by atoms with van der Waals surface area (Å²) in [6.07, 6.45) is 19.7. The Labute approximate surface area is 360 Å². The average molecular weight is 831 g/mol. The van der Waals surface area contributed by atoms with Crippen molar-refractivity contribution in [3.05, 3.63) is 108 Å². The van der Waals surface area contributed by atoms with Crippen LogP contribution in [0.4, 0.5) is 5.82 Å². The molecule has 0 bridgehead atoms. The Morgan fingerprint density at radius 1 is 0.934 bits per heavy atom. The van der Waals surface area contributed by atoms with E-state index in [-0.39, 0.29) is 47.7 Å². The number of pyridine rings is 1. The van der Waals surface area contributed by atoms with Gasteiger partial charge < -0.3 is 41.4 Å². The second-order valence-corrected chi connectivity index (χ2v) is 18.3. The zero-order valence-corrected chi connectivity index (χ0v) is 35.4. The van der Waals surface area contributed by atoms with E-state index in [0.717, 1.165) is 54.5 Å². The van der Waals surface area contributed by atoms with Crippen LogP contribution >= 0.6 is 0 Å². The highest BCUT2D eigenvalue weighted by Gasteiger charge is 2.56. The first kappa shape index (κ1) is 44.2. The number of hydrogen-bond acceptors (Lipinski definition) is 8. The van der Waals surface area contributed by atoms with Crippen LogP contribution in [0.3, 0.4) is 0 Å². The van der Waals surface area contributed by atoms with Crippen LogP contribution in [0.5, 0.6) is 11.5 Å². The Kier molecular flexibility index (Phi) is 14.4. The van der Waals surface area contributed by atoms with Crippen molar-refractivity contribution in [2.45, 2.75) is 115 Å². The molecule has 3 aliphatic rings. The fourth-order valence-electron chi connectivity index (χ4n) is 10.9. The third-order valence-electron chi connectivity index (χ3n) is 14.0. The molecule has 3 aliphatic carbocycles. The highest BCUT2D eigenvalue weighted by atomic mass is 16.4. The molecule has 10 nitrogen and oxygen atoms in total. The van der Waals surface area contributed by atoms with E-state index in [1.165, 1.54) is 31.4 Å². The van der Waals surface area contributed by atoms with Gasteiger partial charge in [-0.15, -0.1) is 5.75 Å². The fourth-order valence-corrected chi connectivity index (χ4v) is 10.9. The van der Waals surface area contributed by atoms with Crippen molar-refractivity contribution in [3.63, 3.8) is 0 Å². The largest absolute Gasteiger partial charge is 0.872 e. The number of nitrogens with two attached hydrogens (primary N) is 1. The van der Waals surface area contributed by atoms with Gasteiger partial charge >= 0.3 is 5.97 Å². The number of H-pyrrole nitrogens is 1. The van der Waals surface area contributed by atoms with Crippen LogP contribution in [0.2, 0.25) is 0 Å². The maximum Gasteiger partial charge on any atom is 0.309 e. The Morgan fingerprint density at radius 2 is 1.74 bits per heavy atom. The van der Waals surface area contributed by atoms with Crippen LogP contribution in [0, 0.1) is 41.4 Å². The minimum absolute atomic E-state index is 0.0444. The number of benzene rings is 2. The molecule has 0 spiro atoms. The molecule has 61 heavy (non-hydrogen) atoms. The first-order valence-corrected chi connectivity index (χ1v) is 22.6. The minimum atomic E-state index is -1.25. The van der Waals surface area contributed by atoms with Crippen LogP contribution < -0.4 is 10.8 Å². The molecule has 10 atom stereocenters. The van der Waals surface area contributed by atoms with Gasteiger partial charge in [-0.3, -0.25) is 4.79 Å². The van der Waals surface area contributed by atoms with Gasteiger partial charge in [0, 0.05) is 40.8 Å². The van der Waals surface area contributed by atoms with Gasteiger partial charge in [-0.2, -0.15) is 0 Å². The molecule has 0 radical (unpaired) electrons. The summed E-state index contributed by atoms with van der Waals surface area (Å²) < 4.78 is 0. The van der Waals surface area contributed by atoms with Gasteiger partial charge in [-0.25, -0.2) is 4.98 Å². The lowest BCUT2D eigenvalue weighted by Crippen LogP contribution is -2.48. The number of phenols is 1. The standard InChI is InChI=1S/C51H65N3O7/c1-2-3-6-11-32-16-17-35(46(57)23-32)14-9-5-10-15-43(50(59)60)49(58)36-18-19-45-37(22-33-20-21-53-47(52)24-33)25-39(51(45,61)31-36)28-40-29-44(34-12-7-4-8-13-34)48(54-40)38-26-41(55)30-42(56)27-38/h4,7-8,12-13,16-21,24,26-27,29-30,32,35-37,39,43,45-46,49,54-58,61H,2-3,5-6,9-11,14-15,22-23,25,28,31H2,1H3,(H2,52,53)(H,59,60)/p-1/t32-,35-,36-,37+,39+,43+,45+,46-,49-,51+/m1/s1. The number of aliphatic hydroxyl groups is 3. The zero-order chi connectivity index (χ0) is 43.1. The molecule has 4 aromatic rings. The number of carboxylic acid groups (broad SMARTS) is 1. The number of fused-ring (bicyclic) bond motifs is 1. The number of aromatic hydroxyl groups is 1. The van der Waals surface area contributed by atoms with Gasteiger partial charge in [0.25, 0.3) is 0 Å². The quantitative estimate of drug-likeness (QED) is 0.0358. The predicted octanol–water partition coefficient (Wildman–Crippen LogP) is 8.60. The molecular formula is C51H64N3O7-. The van der Waals surface area contributed by atoms with Crippen molar-refractivity contribution < 1.29 is 35.4 Å². The van der Waals surface area contributed by atoms with E-state index in [2.05, 4.69) is 35.1 Å². The number of phenolic OH excluding ortho intramolecular Hbond substituents is 1. The number of carboxylic acids is 1. The number of nitrogen functional groups attached to an aromatic ring is 1. The lowest BCUT2D eigenvalue weighted by atomic mass is 9.68. The molecule has 10 heteroatoms. The van der Waals surface area contributed by atoms with E-state index in [1.54, 1.807) is 12.3 Å². The number of nitrogens with zero attached hydrogens (tertiary/aromatic N) is 1. The van der Waals surface area contributed by atoms with E-state index >= 15 is 0 Å². The van der Waals surface area contributed by atoms with E-state index < -0.39 is 29.5 Å². The smallest absolute Gasteiger partial charge is 0.309 e. The third-order valence-corrected chi connectivity index (χ3v) is 14.0. The van der Waals surface area contributed by atoms with Gasteiger partial charge in [0.2, 0.25) is 0 Å². The van der Waals surface area contributed by atoms with Crippen LogP contribution in [0.25, 0.3) is 22.4 Å². The molecule has 8 N–H and O–H groups in total. The normalized spacial score (nSPS) is 26.9. The highest BCUT2D eigenvalue weighted by Crippen LogP contribution is 2.54. The predicted molar refractivity (Wildman–Crippen MR) is 237 cm³/mol. The summed E-state index contributed by atoms with van der Waals surface area (Å²) in [6.45, 7) is 2.20. The van der Waals surface area contributed by atoms with Gasteiger partial charge in [0.15, 0.2) is 0 Å². The number of aliphatic hydroxyl groups excluding tert-OH is 2. The Hall–Kier alpha value is -4.90. The Balaban J connectivity index is 1.07. The second kappa shape index (κ2) is 19.9. The van der Waals surface area contributed by atoms with Crippen molar-refractivity contribution in [1.82, 2.24) is 9.97 Å². The third kappa shape index (κ3) is 10.6. The Bertz CT molecular complexity index is 2110. The van der Waals surface area contributed by atoms with E-state index in [9.17, 15) is 35.4 Å². The molecular weight excluding hydrogens is 767 g/mol. The van der Waals surface area contributed by atoms with Crippen molar-refractivity contribution in [2.75, 3.05) is 5.73 Å². The number of allylic oxidation sites excluding steroid dienone is 1. The maximum atomic E-state index is 13.0. The zero-order valence-electron chi connectivity index (χ0n) is 35.4. The number of aromatic amines is 1. The van der Waals surface area contributed by atoms with Gasteiger partial charge in [0.1, 0.15) is 11.6 Å². The number of rotatable bonds is 19. The van der Waals surface area contributed by atoms with Crippen LogP contribution in [0.15, 0.2) is 97.2 Å². The van der Waals surface area contributed by atoms with Gasteiger partial charge in [0.05, 0.1) is 29.4 Å². The summed E-state index contributed by atoms with van der Waals surface area (Å²) in [7, 11) is 0. The summed E-state index contributed by atoms with van der Waals surface area (Å²) in [4.78, 5) is 20.4. The molecule has 0 amide bonds. The average Bonchev–Trinajstić information content (AvgIpc) is 3.77. The molecule has 326 valence electrons. The number of nitrogens with one attached hydrogen (secondary N) is 1. The van der Waals surface area contributed by atoms with E-state index in [1.807, 2.05) is 54.6 Å². The van der Waals surface area contributed by atoms with Crippen LogP contribution in [-0.4, -0.2) is 59.3 Å². The molecule has 2 aromatic carbocycles. The fraction of sp³-hybridized carbons (Fsp3) is 0.490. The number of unbranched alkanes of at least 4 members (excludes halogenated alkanes) is 4. The summed E-state index contributed by atoms with van der Waals surface area (Å²) in [5, 5.41) is 68.9. The molecule has 1 fully saturated rings. The second-order valence-electron chi connectivity index (χ2n) is 18.3. The number of aromatic nitrogens is 2. The monoisotopic (exact) mass is 830 g/mol. The lowest BCUT2D eigenvalue weighted by Gasteiger charge is -2.42. The topological polar surface area (TPSA) is 196 Å². The molecule has 0 aliphatic heterocycles. The molecule has 0 saturated heterocycles. The number of anilines is 1. The molecule has 2 heterocycles. The number of aliphatic carboxylic acids is 1. The first-order chi connectivity index (χ1) is 29.4. The summed E-state index contributed by atoms with van der Waals surface area (Å²) in [6, 6.07) is 19.9. The summed E-state index contributed by atoms with van der Waals surface area (Å²) in [5.41, 5.74) is 9.75. The van der Waals surface area contributed by atoms with Gasteiger partial charge in [-0.1, -0.05) is 106 Å². The highest BCUT2D eigenvalue weighted by molar-refractivity contribution is 5.83. The maximum absolute atomic E-state index is 13.0. The van der Waals surface area contributed by atoms with Crippen molar-refractivity contribution in [1.29, 1.82) is 0 Å². The minimum Gasteiger partial charge on any atom is -0.872 e. The van der Waals surface area contributed by atoms with Crippen LogP contribution in [0.1, 0.15) is 95.2 Å². The van der Waals surface area contributed by atoms with Crippen molar-refractivity contribution in [3.8, 4) is 33.9 Å². The summed E-state index contributed by atoms with van der Waals surface area (Å²) >= 11 is 0. The molecule has 2 aromatic heterocycles. The van der Waals surface area contributed by atoms with Crippen molar-refractivity contribution in [2.24, 2.45) is 41.4 Å². The molecule has 7 rings (SSSR count). The lowest BCUT2D eigenvalue weighted by molar-refractivity contribution is -0.268. The number of hydrogen-bond donors (Lipinski definition) is 7. The number of carbonyl (C=O) groups is 1. The summed E-state index contributed by atoms with van der Waals surface area (Å²) in [5.74, 6) is -2.46. The SMILES string of the molecule is CCCCC[C@@H]1C=C[C@@H](CCCCC[C@H](C(=O)O)[C@H](O)[C@@H]2C=C[C@H]3[C@@H](Cc4ccnc(N)c4)C[C@@H](Cc4cc(-c5ccccc5)c(-c5cc([O-])cc(O)c5)[nH]4)[C@@]3(O)C2)[C@H](O)C1.